The molecule has 1 aromatic heterocycles. The maximum Gasteiger partial charge on any atom is 0.237 e. The Bertz CT molecular complexity index is 565. The number of anilines is 1. The number of nitrogens with one attached hydrogen (secondary N) is 1. The zero-order valence-electron chi connectivity index (χ0n) is 13.7. The average molecular weight is 317 g/mol. The van der Waals surface area contributed by atoms with Crippen molar-refractivity contribution in [3.8, 4) is 0 Å². The summed E-state index contributed by atoms with van der Waals surface area (Å²) in [6, 6.07) is 1.77. The van der Waals surface area contributed by atoms with E-state index in [0.29, 0.717) is 38.7 Å². The van der Waals surface area contributed by atoms with Crippen LogP contribution in [0.2, 0.25) is 0 Å². The van der Waals surface area contributed by atoms with E-state index in [4.69, 9.17) is 0 Å². The molecule has 0 unspecified atom stereocenters. The second-order valence-electron chi connectivity index (χ2n) is 5.95. The highest BCUT2D eigenvalue weighted by molar-refractivity contribution is 6.04. The zero-order valence-corrected chi connectivity index (χ0v) is 13.7. The van der Waals surface area contributed by atoms with E-state index in [1.165, 1.54) is 0 Å². The molecule has 1 saturated heterocycles. The molecule has 0 aliphatic carbocycles. The molecule has 1 fully saturated rings. The second-order valence-corrected chi connectivity index (χ2v) is 5.95. The van der Waals surface area contributed by atoms with E-state index < -0.39 is 5.41 Å². The number of carbonyl (C=O) groups excluding carboxylic acids is 2. The first-order valence-corrected chi connectivity index (χ1v) is 7.67. The van der Waals surface area contributed by atoms with E-state index in [1.54, 1.807) is 43.3 Å². The first-order chi connectivity index (χ1) is 11.0. The molecule has 7 heteroatoms. The molecule has 0 bridgehead atoms. The van der Waals surface area contributed by atoms with Crippen LogP contribution < -0.4 is 10.2 Å². The van der Waals surface area contributed by atoms with Gasteiger partial charge in [-0.05, 0) is 19.9 Å². The Balaban J connectivity index is 1.95. The summed E-state index contributed by atoms with van der Waals surface area (Å²) in [4.78, 5) is 37.0. The minimum atomic E-state index is -1.09. The molecule has 7 nitrogen and oxygen atoms in total. The third kappa shape index (κ3) is 3.85. The number of nitrogens with zero attached hydrogens (tertiary/aromatic N) is 4. The second kappa shape index (κ2) is 7.21. The van der Waals surface area contributed by atoms with Gasteiger partial charge in [0.2, 0.25) is 17.8 Å². The zero-order chi connectivity index (χ0) is 16.9. The van der Waals surface area contributed by atoms with Crippen LogP contribution in [0, 0.1) is 5.41 Å². The lowest BCUT2D eigenvalue weighted by Gasteiger charge is -2.38. The topological polar surface area (TPSA) is 78.4 Å². The minimum Gasteiger partial charge on any atom is -0.352 e. The summed E-state index contributed by atoms with van der Waals surface area (Å²) in [7, 11) is 0. The van der Waals surface area contributed by atoms with E-state index in [1.807, 2.05) is 4.90 Å². The van der Waals surface area contributed by atoms with E-state index >= 15 is 0 Å². The quantitative estimate of drug-likeness (QED) is 0.630. The standard InChI is InChI=1S/C16H23N5O2/c1-4-6-17-13(22)16(2,3)14(23)20-9-11-21(12-10-20)15-18-7-5-8-19-15/h4-5,7-8H,1,6,9-12H2,2-3H3,(H,17,22). The highest BCUT2D eigenvalue weighted by atomic mass is 16.2. The predicted molar refractivity (Wildman–Crippen MR) is 87.8 cm³/mol. The van der Waals surface area contributed by atoms with E-state index in [2.05, 4.69) is 21.9 Å². The summed E-state index contributed by atoms with van der Waals surface area (Å²) in [6.45, 7) is 9.63. The summed E-state index contributed by atoms with van der Waals surface area (Å²) in [5.74, 6) is 0.228. The Morgan fingerprint density at radius 2 is 1.87 bits per heavy atom. The molecule has 2 amide bonds. The van der Waals surface area contributed by atoms with Gasteiger partial charge >= 0.3 is 0 Å². The number of piperazine rings is 1. The number of hydrogen-bond donors (Lipinski definition) is 1. The fourth-order valence-corrected chi connectivity index (χ4v) is 2.44. The van der Waals surface area contributed by atoms with Crippen LogP contribution in [0.4, 0.5) is 5.95 Å². The highest BCUT2D eigenvalue weighted by Crippen LogP contribution is 2.21. The van der Waals surface area contributed by atoms with Gasteiger partial charge in [0.1, 0.15) is 5.41 Å². The van der Waals surface area contributed by atoms with Gasteiger partial charge in [-0.15, -0.1) is 6.58 Å². The molecule has 1 aliphatic rings. The summed E-state index contributed by atoms with van der Waals surface area (Å²) in [5.41, 5.74) is -1.09. The molecular formula is C16H23N5O2. The highest BCUT2D eigenvalue weighted by Gasteiger charge is 2.39. The first-order valence-electron chi connectivity index (χ1n) is 7.67. The molecule has 2 heterocycles. The molecule has 0 atom stereocenters. The molecule has 1 aromatic rings. The van der Waals surface area contributed by atoms with Crippen LogP contribution in [-0.4, -0.2) is 59.4 Å². The third-order valence-electron chi connectivity index (χ3n) is 3.91. The third-order valence-corrected chi connectivity index (χ3v) is 3.91. The van der Waals surface area contributed by atoms with Crippen LogP contribution in [0.15, 0.2) is 31.1 Å². The van der Waals surface area contributed by atoms with Gasteiger partial charge in [0.15, 0.2) is 0 Å². The molecule has 0 aromatic carbocycles. The van der Waals surface area contributed by atoms with Crippen molar-refractivity contribution in [2.75, 3.05) is 37.6 Å². The van der Waals surface area contributed by atoms with Crippen molar-refractivity contribution < 1.29 is 9.59 Å². The molecule has 0 saturated carbocycles. The van der Waals surface area contributed by atoms with Gasteiger partial charge in [-0.25, -0.2) is 9.97 Å². The maximum atomic E-state index is 12.7. The van der Waals surface area contributed by atoms with Crippen molar-refractivity contribution in [2.45, 2.75) is 13.8 Å². The molecule has 2 rings (SSSR count). The number of carbonyl (C=O) groups is 2. The lowest BCUT2D eigenvalue weighted by molar-refractivity contribution is -0.148. The number of amides is 2. The van der Waals surface area contributed by atoms with Gasteiger partial charge in [-0.1, -0.05) is 6.08 Å². The van der Waals surface area contributed by atoms with Crippen LogP contribution in [0.5, 0.6) is 0 Å². The van der Waals surface area contributed by atoms with Crippen molar-refractivity contribution in [1.29, 1.82) is 0 Å². The molecule has 0 spiro atoms. The monoisotopic (exact) mass is 317 g/mol. The van der Waals surface area contributed by atoms with Crippen LogP contribution in [0.1, 0.15) is 13.8 Å². The summed E-state index contributed by atoms with van der Waals surface area (Å²) >= 11 is 0. The molecular weight excluding hydrogens is 294 g/mol. The van der Waals surface area contributed by atoms with Gasteiger partial charge in [0, 0.05) is 45.1 Å². The lowest BCUT2D eigenvalue weighted by Crippen LogP contribution is -2.55. The Morgan fingerprint density at radius 1 is 1.26 bits per heavy atom. The van der Waals surface area contributed by atoms with Crippen LogP contribution in [0.25, 0.3) is 0 Å². The van der Waals surface area contributed by atoms with Gasteiger partial charge in [0.05, 0.1) is 0 Å². The van der Waals surface area contributed by atoms with Crippen molar-refractivity contribution in [3.05, 3.63) is 31.1 Å². The first kappa shape index (κ1) is 16.9. The van der Waals surface area contributed by atoms with Gasteiger partial charge < -0.3 is 15.1 Å². The van der Waals surface area contributed by atoms with Crippen LogP contribution in [-0.2, 0) is 9.59 Å². The van der Waals surface area contributed by atoms with Gasteiger partial charge in [-0.2, -0.15) is 0 Å². The van der Waals surface area contributed by atoms with Crippen molar-refractivity contribution in [2.24, 2.45) is 5.41 Å². The maximum absolute atomic E-state index is 12.7. The Hall–Kier alpha value is -2.44. The SMILES string of the molecule is C=CCNC(=O)C(C)(C)C(=O)N1CCN(c2ncccn2)CC1. The van der Waals surface area contributed by atoms with E-state index in [9.17, 15) is 9.59 Å². The summed E-state index contributed by atoms with van der Waals surface area (Å²) in [6.07, 6.45) is 5.00. The van der Waals surface area contributed by atoms with Crippen molar-refractivity contribution in [3.63, 3.8) is 0 Å². The van der Waals surface area contributed by atoms with Gasteiger partial charge in [-0.3, -0.25) is 9.59 Å². The molecule has 1 aliphatic heterocycles. The minimum absolute atomic E-state index is 0.160. The van der Waals surface area contributed by atoms with E-state index in [-0.39, 0.29) is 11.8 Å². The molecule has 23 heavy (non-hydrogen) atoms. The lowest BCUT2D eigenvalue weighted by atomic mass is 9.90. The predicted octanol–water partition coefficient (Wildman–Crippen LogP) is 0.454. The number of aromatic nitrogens is 2. The Kier molecular flexibility index (Phi) is 5.31. The summed E-state index contributed by atoms with van der Waals surface area (Å²) in [5, 5.41) is 2.69. The molecule has 0 radical (unpaired) electrons. The number of rotatable bonds is 5. The Labute approximate surface area is 136 Å². The Morgan fingerprint density at radius 3 is 2.43 bits per heavy atom. The fourth-order valence-electron chi connectivity index (χ4n) is 2.44. The van der Waals surface area contributed by atoms with Crippen LogP contribution in [0.3, 0.4) is 0 Å². The molecule has 1 N–H and O–H groups in total. The smallest absolute Gasteiger partial charge is 0.237 e. The summed E-state index contributed by atoms with van der Waals surface area (Å²) < 4.78 is 0. The van der Waals surface area contributed by atoms with E-state index in [0.717, 1.165) is 0 Å². The largest absolute Gasteiger partial charge is 0.352 e. The molecule has 124 valence electrons. The van der Waals surface area contributed by atoms with Crippen molar-refractivity contribution >= 4 is 17.8 Å². The fraction of sp³-hybridized carbons (Fsp3) is 0.500. The van der Waals surface area contributed by atoms with Crippen LogP contribution >= 0.6 is 0 Å². The number of hydrogen-bond acceptors (Lipinski definition) is 5. The average Bonchev–Trinajstić information content (AvgIpc) is 2.59. The van der Waals surface area contributed by atoms with Crippen molar-refractivity contribution in [1.82, 2.24) is 20.2 Å². The van der Waals surface area contributed by atoms with Gasteiger partial charge in [0.25, 0.3) is 0 Å². The normalized spacial score (nSPS) is 15.2.